The molecule has 0 saturated heterocycles. The van der Waals surface area contributed by atoms with Crippen molar-refractivity contribution in [3.8, 4) is 0 Å². The Morgan fingerprint density at radius 2 is 1.54 bits per heavy atom. The van der Waals surface area contributed by atoms with Crippen LogP contribution in [0, 0.1) is 11.3 Å². The van der Waals surface area contributed by atoms with Gasteiger partial charge in [-0.1, -0.05) is 20.8 Å². The zero-order chi connectivity index (χ0) is 9.94. The van der Waals surface area contributed by atoms with Crippen molar-refractivity contribution in [3.63, 3.8) is 0 Å². The lowest BCUT2D eigenvalue weighted by Crippen LogP contribution is -2.43. The summed E-state index contributed by atoms with van der Waals surface area (Å²) >= 11 is 0. The van der Waals surface area contributed by atoms with E-state index in [2.05, 4.69) is 0 Å². The predicted molar refractivity (Wildman–Crippen MR) is 51.4 cm³/mol. The van der Waals surface area contributed by atoms with Crippen molar-refractivity contribution in [1.29, 1.82) is 0 Å². The molecule has 0 atom stereocenters. The van der Waals surface area contributed by atoms with Crippen LogP contribution < -0.4 is 0 Å². The molecule has 0 aliphatic carbocycles. The lowest BCUT2D eigenvalue weighted by molar-refractivity contribution is -0.168. The van der Waals surface area contributed by atoms with Gasteiger partial charge in [-0.05, 0) is 12.3 Å². The van der Waals surface area contributed by atoms with Gasteiger partial charge in [0.15, 0.2) is 5.41 Å². The molecule has 13 heavy (non-hydrogen) atoms. The third-order valence-corrected chi connectivity index (χ3v) is 2.31. The SMILES string of the molecule is CCC(C(=O)O)(C(=O)O)C(C)C.[MgH2]. The van der Waals surface area contributed by atoms with Crippen LogP contribution in [0.3, 0.4) is 0 Å². The van der Waals surface area contributed by atoms with E-state index in [-0.39, 0.29) is 29.5 Å². The number of aliphatic carboxylic acids is 2. The Labute approximate surface area is 93.5 Å². The highest BCUT2D eigenvalue weighted by Gasteiger charge is 2.47. The number of carbonyl (C=O) groups is 2. The van der Waals surface area contributed by atoms with Crippen molar-refractivity contribution in [2.24, 2.45) is 11.3 Å². The van der Waals surface area contributed by atoms with E-state index in [1.165, 1.54) is 0 Å². The van der Waals surface area contributed by atoms with Crippen molar-refractivity contribution < 1.29 is 19.8 Å². The molecule has 5 heteroatoms. The van der Waals surface area contributed by atoms with Crippen molar-refractivity contribution in [1.82, 2.24) is 0 Å². The van der Waals surface area contributed by atoms with Gasteiger partial charge in [0, 0.05) is 0 Å². The minimum atomic E-state index is -1.63. The van der Waals surface area contributed by atoms with Gasteiger partial charge in [0.1, 0.15) is 0 Å². The number of carboxylic acid groups (broad SMARTS) is 2. The second-order valence-electron chi connectivity index (χ2n) is 3.09. The Kier molecular flexibility index (Phi) is 6.36. The van der Waals surface area contributed by atoms with Crippen LogP contribution in [-0.4, -0.2) is 45.2 Å². The number of hydrogen-bond donors (Lipinski definition) is 2. The fourth-order valence-electron chi connectivity index (χ4n) is 1.30. The monoisotopic (exact) mass is 200 g/mol. The van der Waals surface area contributed by atoms with Gasteiger partial charge in [-0.3, -0.25) is 9.59 Å². The Bertz CT molecular complexity index is 186. The second kappa shape index (κ2) is 5.44. The van der Waals surface area contributed by atoms with Crippen molar-refractivity contribution in [2.75, 3.05) is 0 Å². The molecule has 0 fully saturated rings. The van der Waals surface area contributed by atoms with E-state index in [4.69, 9.17) is 10.2 Å². The summed E-state index contributed by atoms with van der Waals surface area (Å²) in [6, 6.07) is 0. The summed E-state index contributed by atoms with van der Waals surface area (Å²) in [6.07, 6.45) is 0.106. The largest absolute Gasteiger partial charge is 0.480 e. The van der Waals surface area contributed by atoms with E-state index in [0.717, 1.165) is 0 Å². The van der Waals surface area contributed by atoms with Crippen molar-refractivity contribution >= 4 is 35.0 Å². The van der Waals surface area contributed by atoms with E-state index in [1.807, 2.05) is 0 Å². The van der Waals surface area contributed by atoms with Gasteiger partial charge >= 0.3 is 35.0 Å². The summed E-state index contributed by atoms with van der Waals surface area (Å²) in [6.45, 7) is 4.78. The Morgan fingerprint density at radius 1 is 1.23 bits per heavy atom. The average Bonchev–Trinajstić information content (AvgIpc) is 1.86. The minimum absolute atomic E-state index is 0. The average molecular weight is 201 g/mol. The van der Waals surface area contributed by atoms with Crippen LogP contribution in [0.15, 0.2) is 0 Å². The lowest BCUT2D eigenvalue weighted by atomic mass is 9.75. The van der Waals surface area contributed by atoms with Gasteiger partial charge in [0.05, 0.1) is 0 Å². The van der Waals surface area contributed by atoms with E-state index >= 15 is 0 Å². The molecule has 0 aromatic rings. The Hall–Kier alpha value is -0.294. The smallest absolute Gasteiger partial charge is 0.321 e. The first kappa shape index (κ1) is 15.2. The first-order valence-corrected chi connectivity index (χ1v) is 3.86. The van der Waals surface area contributed by atoms with Gasteiger partial charge < -0.3 is 10.2 Å². The first-order chi connectivity index (χ1) is 5.39. The molecule has 4 nitrogen and oxygen atoms in total. The molecule has 0 aliphatic rings. The molecule has 0 unspecified atom stereocenters. The standard InChI is InChI=1S/C8H14O4.Mg.2H/c1-4-8(5(2)3,6(9)10)7(11)12;;;/h5H,4H2,1-3H3,(H,9,10)(H,11,12);;;. The fraction of sp³-hybridized carbons (Fsp3) is 0.750. The molecule has 0 aromatic carbocycles. The van der Waals surface area contributed by atoms with E-state index in [1.54, 1.807) is 20.8 Å². The zero-order valence-electron chi connectivity index (χ0n) is 7.50. The third kappa shape index (κ3) is 2.57. The van der Waals surface area contributed by atoms with Crippen LogP contribution in [-0.2, 0) is 9.59 Å². The molecule has 0 amide bonds. The Morgan fingerprint density at radius 3 is 1.54 bits per heavy atom. The maximum atomic E-state index is 10.8. The Balaban J connectivity index is 0. The number of hydrogen-bond acceptors (Lipinski definition) is 2. The van der Waals surface area contributed by atoms with E-state index in [9.17, 15) is 9.59 Å². The van der Waals surface area contributed by atoms with Crippen LogP contribution in [0.25, 0.3) is 0 Å². The van der Waals surface area contributed by atoms with Crippen molar-refractivity contribution in [2.45, 2.75) is 27.2 Å². The maximum Gasteiger partial charge on any atom is 0.321 e. The molecule has 0 spiro atoms. The molecule has 74 valence electrons. The fourth-order valence-corrected chi connectivity index (χ4v) is 1.30. The van der Waals surface area contributed by atoms with Gasteiger partial charge in [0.2, 0.25) is 0 Å². The zero-order valence-corrected chi connectivity index (χ0v) is 7.50. The lowest BCUT2D eigenvalue weighted by Gasteiger charge is -2.26. The quantitative estimate of drug-likeness (QED) is 0.505. The van der Waals surface area contributed by atoms with Crippen LogP contribution in [0.4, 0.5) is 0 Å². The molecular weight excluding hydrogens is 184 g/mol. The first-order valence-electron chi connectivity index (χ1n) is 3.86. The summed E-state index contributed by atoms with van der Waals surface area (Å²) in [7, 11) is 0. The van der Waals surface area contributed by atoms with Gasteiger partial charge in [-0.15, -0.1) is 0 Å². The van der Waals surface area contributed by atoms with E-state index < -0.39 is 23.3 Å². The molecule has 2 N–H and O–H groups in total. The molecule has 0 aliphatic heterocycles. The maximum absolute atomic E-state index is 10.8. The number of rotatable bonds is 4. The third-order valence-electron chi connectivity index (χ3n) is 2.31. The molecule has 0 rings (SSSR count). The summed E-state index contributed by atoms with van der Waals surface area (Å²) in [5.41, 5.74) is -1.63. The summed E-state index contributed by atoms with van der Waals surface area (Å²) in [5, 5.41) is 17.6. The highest BCUT2D eigenvalue weighted by Crippen LogP contribution is 2.31. The summed E-state index contributed by atoms with van der Waals surface area (Å²) < 4.78 is 0. The molecule has 0 radical (unpaired) electrons. The second-order valence-corrected chi connectivity index (χ2v) is 3.09. The molecule has 0 heterocycles. The molecular formula is C8H16MgO4. The van der Waals surface area contributed by atoms with Crippen LogP contribution in [0.5, 0.6) is 0 Å². The topological polar surface area (TPSA) is 74.6 Å². The minimum Gasteiger partial charge on any atom is -0.480 e. The van der Waals surface area contributed by atoms with Gasteiger partial charge in [-0.2, -0.15) is 0 Å². The predicted octanol–water partition coefficient (Wildman–Crippen LogP) is 0.292. The number of carboxylic acids is 2. The van der Waals surface area contributed by atoms with Crippen LogP contribution in [0.2, 0.25) is 0 Å². The highest BCUT2D eigenvalue weighted by molar-refractivity contribution is 5.98. The highest BCUT2D eigenvalue weighted by atomic mass is 24.3. The van der Waals surface area contributed by atoms with Crippen molar-refractivity contribution in [3.05, 3.63) is 0 Å². The normalized spacial score (nSPS) is 10.8. The summed E-state index contributed by atoms with van der Waals surface area (Å²) in [5.74, 6) is -2.92. The molecule has 0 saturated carbocycles. The van der Waals surface area contributed by atoms with Crippen LogP contribution >= 0.6 is 0 Å². The van der Waals surface area contributed by atoms with Gasteiger partial charge in [-0.25, -0.2) is 0 Å². The summed E-state index contributed by atoms with van der Waals surface area (Å²) in [4.78, 5) is 21.5. The molecule has 0 aromatic heterocycles. The van der Waals surface area contributed by atoms with Crippen LogP contribution in [0.1, 0.15) is 27.2 Å². The van der Waals surface area contributed by atoms with Gasteiger partial charge in [0.25, 0.3) is 0 Å². The van der Waals surface area contributed by atoms with E-state index in [0.29, 0.717) is 0 Å². The molecule has 0 bridgehead atoms.